The van der Waals surface area contributed by atoms with Gasteiger partial charge in [0.1, 0.15) is 0 Å². The van der Waals surface area contributed by atoms with Crippen LogP contribution in [-0.2, 0) is 6.54 Å². The number of rotatable bonds is 4. The molecule has 1 aliphatic heterocycles. The molecule has 0 unspecified atom stereocenters. The van der Waals surface area contributed by atoms with Gasteiger partial charge in [0, 0.05) is 5.56 Å². The first-order valence-electron chi connectivity index (χ1n) is 8.44. The normalized spacial score (nSPS) is 12.5. The van der Waals surface area contributed by atoms with E-state index in [9.17, 15) is 0 Å². The van der Waals surface area contributed by atoms with Gasteiger partial charge >= 0.3 is 0 Å². The number of benzene rings is 2. The largest absolute Gasteiger partial charge is 0.454 e. The first kappa shape index (κ1) is 15.6. The van der Waals surface area contributed by atoms with Crippen molar-refractivity contribution in [2.24, 2.45) is 0 Å². The van der Waals surface area contributed by atoms with Crippen LogP contribution >= 0.6 is 0 Å². The Balaban J connectivity index is 1.37. The first-order chi connectivity index (χ1) is 13.2. The lowest BCUT2D eigenvalue weighted by molar-refractivity contribution is 0.174. The van der Waals surface area contributed by atoms with Gasteiger partial charge in [-0.2, -0.15) is 4.98 Å². The van der Waals surface area contributed by atoms with Crippen LogP contribution in [-0.4, -0.2) is 31.9 Å². The summed E-state index contributed by atoms with van der Waals surface area (Å²) in [4.78, 5) is 4.42. The molecule has 27 heavy (non-hydrogen) atoms. The maximum atomic E-state index is 5.38. The monoisotopic (exact) mass is 361 g/mol. The van der Waals surface area contributed by atoms with Crippen molar-refractivity contribution in [2.45, 2.75) is 13.5 Å². The molecule has 0 atom stereocenters. The number of aryl methyl sites for hydroxylation is 1. The zero-order valence-corrected chi connectivity index (χ0v) is 14.5. The maximum Gasteiger partial charge on any atom is 0.258 e. The maximum absolute atomic E-state index is 5.38. The molecule has 134 valence electrons. The molecule has 0 aliphatic carbocycles. The van der Waals surface area contributed by atoms with Gasteiger partial charge in [-0.1, -0.05) is 40.2 Å². The molecular formula is C19H15N5O3. The van der Waals surface area contributed by atoms with E-state index in [2.05, 4.69) is 51.6 Å². The number of hydrogen-bond acceptors (Lipinski definition) is 7. The van der Waals surface area contributed by atoms with Crippen molar-refractivity contribution in [3.63, 3.8) is 0 Å². The van der Waals surface area contributed by atoms with Crippen molar-refractivity contribution in [1.29, 1.82) is 0 Å². The lowest BCUT2D eigenvalue weighted by atomic mass is 10.1. The minimum Gasteiger partial charge on any atom is -0.454 e. The van der Waals surface area contributed by atoms with Crippen LogP contribution in [0.4, 0.5) is 0 Å². The van der Waals surface area contributed by atoms with Gasteiger partial charge in [-0.15, -0.1) is 5.10 Å². The zero-order valence-electron chi connectivity index (χ0n) is 14.5. The highest BCUT2D eigenvalue weighted by atomic mass is 16.7. The molecule has 0 fully saturated rings. The second-order valence-electron chi connectivity index (χ2n) is 6.28. The molecular weight excluding hydrogens is 346 g/mol. The highest BCUT2D eigenvalue weighted by Gasteiger charge is 2.18. The van der Waals surface area contributed by atoms with E-state index in [4.69, 9.17) is 14.0 Å². The van der Waals surface area contributed by atoms with E-state index < -0.39 is 0 Å². The van der Waals surface area contributed by atoms with Crippen LogP contribution in [0.1, 0.15) is 11.1 Å². The van der Waals surface area contributed by atoms with Gasteiger partial charge < -0.3 is 14.0 Å². The summed E-state index contributed by atoms with van der Waals surface area (Å²) in [7, 11) is 0. The van der Waals surface area contributed by atoms with Gasteiger partial charge in [0.15, 0.2) is 17.2 Å². The zero-order chi connectivity index (χ0) is 18.2. The van der Waals surface area contributed by atoms with Crippen molar-refractivity contribution < 1.29 is 14.0 Å². The molecule has 4 aromatic rings. The summed E-state index contributed by atoms with van der Waals surface area (Å²) in [5.41, 5.74) is 3.68. The van der Waals surface area contributed by atoms with Crippen molar-refractivity contribution in [2.75, 3.05) is 6.79 Å². The molecule has 0 saturated heterocycles. The summed E-state index contributed by atoms with van der Waals surface area (Å²) in [6.45, 7) is 2.91. The van der Waals surface area contributed by atoms with Crippen LogP contribution in [0.3, 0.4) is 0 Å². The molecule has 0 bridgehead atoms. The Hall–Kier alpha value is -3.68. The second kappa shape index (κ2) is 6.24. The van der Waals surface area contributed by atoms with Crippen molar-refractivity contribution in [3.8, 4) is 34.5 Å². The smallest absolute Gasteiger partial charge is 0.258 e. The third kappa shape index (κ3) is 3.01. The van der Waals surface area contributed by atoms with E-state index in [1.165, 1.54) is 5.56 Å². The Labute approximate surface area is 154 Å². The van der Waals surface area contributed by atoms with Crippen LogP contribution < -0.4 is 9.47 Å². The lowest BCUT2D eigenvalue weighted by Gasteiger charge is -2.00. The fourth-order valence-electron chi connectivity index (χ4n) is 2.83. The highest BCUT2D eigenvalue weighted by molar-refractivity contribution is 5.62. The van der Waals surface area contributed by atoms with Gasteiger partial charge in [0.2, 0.25) is 12.6 Å². The Morgan fingerprint density at radius 3 is 2.78 bits per heavy atom. The Morgan fingerprint density at radius 1 is 1.04 bits per heavy atom. The second-order valence-corrected chi connectivity index (χ2v) is 6.28. The average Bonchev–Trinajstić information content (AvgIpc) is 3.43. The summed E-state index contributed by atoms with van der Waals surface area (Å²) in [5.74, 6) is 2.14. The molecule has 0 amide bonds. The summed E-state index contributed by atoms with van der Waals surface area (Å²) in [6.07, 6.45) is 1.80. The molecule has 8 heteroatoms. The van der Waals surface area contributed by atoms with Gasteiger partial charge in [0.25, 0.3) is 5.89 Å². The van der Waals surface area contributed by atoms with Gasteiger partial charge in [-0.25, -0.2) is 4.68 Å². The number of hydrogen-bond donors (Lipinski definition) is 0. The molecule has 0 saturated carbocycles. The van der Waals surface area contributed by atoms with E-state index in [0.717, 1.165) is 11.1 Å². The van der Waals surface area contributed by atoms with Crippen LogP contribution in [0.5, 0.6) is 11.5 Å². The molecule has 0 N–H and O–H groups in total. The van der Waals surface area contributed by atoms with Crippen LogP contribution in [0, 0.1) is 6.92 Å². The summed E-state index contributed by atoms with van der Waals surface area (Å²) in [6, 6.07) is 13.8. The summed E-state index contributed by atoms with van der Waals surface area (Å²) in [5, 5.41) is 12.3. The number of ether oxygens (including phenoxy) is 2. The minimum absolute atomic E-state index is 0.220. The first-order valence-corrected chi connectivity index (χ1v) is 8.44. The predicted octanol–water partition coefficient (Wildman–Crippen LogP) is 3.08. The fourth-order valence-corrected chi connectivity index (χ4v) is 2.83. The molecule has 1 aliphatic rings. The third-order valence-electron chi connectivity index (χ3n) is 4.28. The van der Waals surface area contributed by atoms with E-state index >= 15 is 0 Å². The van der Waals surface area contributed by atoms with E-state index in [1.807, 2.05) is 18.2 Å². The van der Waals surface area contributed by atoms with Crippen molar-refractivity contribution in [1.82, 2.24) is 25.1 Å². The Kier molecular flexibility index (Phi) is 3.60. The van der Waals surface area contributed by atoms with Crippen molar-refractivity contribution in [3.05, 3.63) is 59.8 Å². The summed E-state index contributed by atoms with van der Waals surface area (Å²) >= 11 is 0. The molecule has 2 aromatic heterocycles. The third-order valence-corrected chi connectivity index (χ3v) is 4.28. The molecule has 0 radical (unpaired) electrons. The standard InChI is InChI=1S/C19H15N5O3/c1-12-2-4-13(5-3-12)9-24-10-15(21-23-24)18-20-19(27-22-18)14-6-7-16-17(8-14)26-11-25-16/h2-8,10H,9,11H2,1H3. The lowest BCUT2D eigenvalue weighted by Crippen LogP contribution is -2.00. The molecule has 8 nitrogen and oxygen atoms in total. The Morgan fingerprint density at radius 2 is 1.89 bits per heavy atom. The topological polar surface area (TPSA) is 88.1 Å². The van der Waals surface area contributed by atoms with Crippen LogP contribution in [0.2, 0.25) is 0 Å². The van der Waals surface area contributed by atoms with Gasteiger partial charge in [-0.3, -0.25) is 0 Å². The van der Waals surface area contributed by atoms with Gasteiger partial charge in [-0.05, 0) is 30.7 Å². The van der Waals surface area contributed by atoms with Gasteiger partial charge in [0.05, 0.1) is 12.7 Å². The number of fused-ring (bicyclic) bond motifs is 1. The quantitative estimate of drug-likeness (QED) is 0.552. The minimum atomic E-state index is 0.220. The SMILES string of the molecule is Cc1ccc(Cn2cc(-c3noc(-c4ccc5c(c4)OCO5)n3)nn2)cc1. The molecule has 5 rings (SSSR count). The average molecular weight is 361 g/mol. The van der Waals surface area contributed by atoms with E-state index in [0.29, 0.717) is 35.5 Å². The van der Waals surface area contributed by atoms with E-state index in [-0.39, 0.29) is 6.79 Å². The predicted molar refractivity (Wildman–Crippen MR) is 95.2 cm³/mol. The number of nitrogens with zero attached hydrogens (tertiary/aromatic N) is 5. The van der Waals surface area contributed by atoms with Crippen LogP contribution in [0.15, 0.2) is 53.2 Å². The molecule has 0 spiro atoms. The molecule has 3 heterocycles. The number of aromatic nitrogens is 5. The highest BCUT2D eigenvalue weighted by Crippen LogP contribution is 2.35. The van der Waals surface area contributed by atoms with E-state index in [1.54, 1.807) is 10.9 Å². The summed E-state index contributed by atoms with van der Waals surface area (Å²) < 4.78 is 17.8. The van der Waals surface area contributed by atoms with Crippen LogP contribution in [0.25, 0.3) is 23.0 Å². The molecule has 2 aromatic carbocycles. The fraction of sp³-hybridized carbons (Fsp3) is 0.158. The van der Waals surface area contributed by atoms with Crippen molar-refractivity contribution >= 4 is 0 Å². The Bertz CT molecular complexity index is 1100.